The van der Waals surface area contributed by atoms with Crippen molar-refractivity contribution in [2.24, 2.45) is 0 Å². The van der Waals surface area contributed by atoms with Gasteiger partial charge in [0.1, 0.15) is 10.7 Å². The minimum absolute atomic E-state index is 0.0612. The van der Waals surface area contributed by atoms with E-state index in [2.05, 4.69) is 10.3 Å². The second-order valence-electron chi connectivity index (χ2n) is 7.40. The minimum atomic E-state index is -0.120. The molecule has 1 aliphatic heterocycles. The molecule has 3 aromatic rings. The predicted octanol–water partition coefficient (Wildman–Crippen LogP) is 4.54. The molecule has 4 rings (SSSR count). The van der Waals surface area contributed by atoms with E-state index in [1.165, 1.54) is 11.3 Å². The summed E-state index contributed by atoms with van der Waals surface area (Å²) in [5.41, 5.74) is 3.84. The molecule has 0 fully saturated rings. The summed E-state index contributed by atoms with van der Waals surface area (Å²) < 4.78 is 0. The Morgan fingerprint density at radius 2 is 1.90 bits per heavy atom. The number of amides is 2. The Morgan fingerprint density at radius 3 is 2.66 bits per heavy atom. The van der Waals surface area contributed by atoms with E-state index in [4.69, 9.17) is 0 Å². The van der Waals surface area contributed by atoms with Crippen LogP contribution in [0.1, 0.15) is 46.7 Å². The summed E-state index contributed by atoms with van der Waals surface area (Å²) in [6, 6.07) is 15.5. The molecule has 2 heterocycles. The fourth-order valence-corrected chi connectivity index (χ4v) is 4.41. The topological polar surface area (TPSA) is 62.3 Å². The van der Waals surface area contributed by atoms with E-state index in [0.717, 1.165) is 34.7 Å². The first kappa shape index (κ1) is 19.3. The van der Waals surface area contributed by atoms with Crippen LogP contribution in [0.5, 0.6) is 0 Å². The lowest BCUT2D eigenvalue weighted by Crippen LogP contribution is -2.37. The molecule has 29 heavy (non-hydrogen) atoms. The third kappa shape index (κ3) is 3.93. The van der Waals surface area contributed by atoms with Gasteiger partial charge >= 0.3 is 0 Å². The third-order valence-corrected chi connectivity index (χ3v) is 5.80. The van der Waals surface area contributed by atoms with Crippen molar-refractivity contribution >= 4 is 28.8 Å². The number of nitrogens with one attached hydrogen (secondary N) is 1. The highest BCUT2D eigenvalue weighted by Gasteiger charge is 2.28. The average molecular weight is 406 g/mol. The standard InChI is InChI=1S/C23H23N3O2S/c1-15(2)24-21(27)18-10-6-12-20-17(18)11-7-13-26(20)23(28)19-14-29-22(25-19)16-8-4-3-5-9-16/h3-6,8-10,12,14-15H,7,11,13H2,1-2H3,(H,24,27). The van der Waals surface area contributed by atoms with Gasteiger partial charge in [-0.25, -0.2) is 4.98 Å². The van der Waals surface area contributed by atoms with Gasteiger partial charge in [-0.2, -0.15) is 0 Å². The molecule has 6 heteroatoms. The summed E-state index contributed by atoms with van der Waals surface area (Å²) in [6.07, 6.45) is 1.60. The molecule has 0 spiro atoms. The number of aromatic nitrogens is 1. The Hall–Kier alpha value is -2.99. The zero-order valence-electron chi connectivity index (χ0n) is 16.5. The number of hydrogen-bond donors (Lipinski definition) is 1. The van der Waals surface area contributed by atoms with Crippen LogP contribution >= 0.6 is 11.3 Å². The molecule has 0 atom stereocenters. The number of benzene rings is 2. The lowest BCUT2D eigenvalue weighted by Gasteiger charge is -2.30. The van der Waals surface area contributed by atoms with Crippen LogP contribution in [0.25, 0.3) is 10.6 Å². The molecule has 1 aliphatic rings. The maximum Gasteiger partial charge on any atom is 0.277 e. The van der Waals surface area contributed by atoms with Gasteiger partial charge in [-0.05, 0) is 44.4 Å². The molecule has 0 saturated heterocycles. The van der Waals surface area contributed by atoms with Gasteiger partial charge in [0.15, 0.2) is 0 Å². The first-order valence-electron chi connectivity index (χ1n) is 9.80. The number of rotatable bonds is 4. The fourth-order valence-electron chi connectivity index (χ4n) is 3.61. The lowest BCUT2D eigenvalue weighted by atomic mass is 9.95. The summed E-state index contributed by atoms with van der Waals surface area (Å²) in [4.78, 5) is 32.2. The van der Waals surface area contributed by atoms with Crippen LogP contribution in [0.3, 0.4) is 0 Å². The highest BCUT2D eigenvalue weighted by molar-refractivity contribution is 7.13. The zero-order valence-corrected chi connectivity index (χ0v) is 17.3. The number of nitrogens with zero attached hydrogens (tertiary/aromatic N) is 2. The molecular formula is C23H23N3O2S. The van der Waals surface area contributed by atoms with Gasteiger partial charge in [0.25, 0.3) is 11.8 Å². The molecule has 2 amide bonds. The van der Waals surface area contributed by atoms with Crippen LogP contribution in [0.4, 0.5) is 5.69 Å². The van der Waals surface area contributed by atoms with Crippen molar-refractivity contribution in [2.75, 3.05) is 11.4 Å². The average Bonchev–Trinajstić information content (AvgIpc) is 3.23. The highest BCUT2D eigenvalue weighted by Crippen LogP contribution is 2.32. The number of anilines is 1. The number of hydrogen-bond acceptors (Lipinski definition) is 4. The van der Waals surface area contributed by atoms with Gasteiger partial charge in [0, 0.05) is 34.8 Å². The molecule has 5 nitrogen and oxygen atoms in total. The number of carbonyl (C=O) groups excluding carboxylic acids is 2. The van der Waals surface area contributed by atoms with Crippen molar-refractivity contribution in [2.45, 2.75) is 32.7 Å². The quantitative estimate of drug-likeness (QED) is 0.693. The minimum Gasteiger partial charge on any atom is -0.350 e. The molecule has 0 aliphatic carbocycles. The molecular weight excluding hydrogens is 382 g/mol. The monoisotopic (exact) mass is 405 g/mol. The Kier molecular flexibility index (Phi) is 5.45. The van der Waals surface area contributed by atoms with Crippen LogP contribution in [0.15, 0.2) is 53.9 Å². The smallest absolute Gasteiger partial charge is 0.277 e. The Labute approximate surface area is 174 Å². The SMILES string of the molecule is CC(C)NC(=O)c1cccc2c1CCCN2C(=O)c1csc(-c2ccccc2)n1. The van der Waals surface area contributed by atoms with Crippen molar-refractivity contribution in [3.8, 4) is 10.6 Å². The van der Waals surface area contributed by atoms with Crippen LogP contribution < -0.4 is 10.2 Å². The van der Waals surface area contributed by atoms with E-state index in [1.807, 2.05) is 67.8 Å². The molecule has 0 radical (unpaired) electrons. The summed E-state index contributed by atoms with van der Waals surface area (Å²) >= 11 is 1.47. The van der Waals surface area contributed by atoms with Crippen LogP contribution in [0.2, 0.25) is 0 Å². The van der Waals surface area contributed by atoms with Crippen LogP contribution in [-0.4, -0.2) is 29.4 Å². The van der Waals surface area contributed by atoms with Gasteiger partial charge in [-0.15, -0.1) is 11.3 Å². The second kappa shape index (κ2) is 8.17. The summed E-state index contributed by atoms with van der Waals surface area (Å²) in [7, 11) is 0. The molecule has 148 valence electrons. The zero-order chi connectivity index (χ0) is 20.4. The third-order valence-electron chi connectivity index (χ3n) is 4.90. The van der Waals surface area contributed by atoms with Gasteiger partial charge in [-0.1, -0.05) is 36.4 Å². The summed E-state index contributed by atoms with van der Waals surface area (Å²) in [5.74, 6) is -0.211. The fraction of sp³-hybridized carbons (Fsp3) is 0.261. The van der Waals surface area contributed by atoms with E-state index in [0.29, 0.717) is 17.8 Å². The Morgan fingerprint density at radius 1 is 1.10 bits per heavy atom. The van der Waals surface area contributed by atoms with Gasteiger partial charge in [-0.3, -0.25) is 9.59 Å². The van der Waals surface area contributed by atoms with Gasteiger partial charge in [0.05, 0.1) is 0 Å². The van der Waals surface area contributed by atoms with Crippen molar-refractivity contribution in [1.82, 2.24) is 10.3 Å². The largest absolute Gasteiger partial charge is 0.350 e. The van der Waals surface area contributed by atoms with Crippen molar-refractivity contribution < 1.29 is 9.59 Å². The normalized spacial score (nSPS) is 13.3. The first-order valence-corrected chi connectivity index (χ1v) is 10.7. The predicted molar refractivity (Wildman–Crippen MR) is 117 cm³/mol. The summed E-state index contributed by atoms with van der Waals surface area (Å²) in [6.45, 7) is 4.50. The molecule has 2 aromatic carbocycles. The van der Waals surface area contributed by atoms with E-state index in [1.54, 1.807) is 4.90 Å². The number of thiazole rings is 1. The second-order valence-corrected chi connectivity index (χ2v) is 8.25. The van der Waals surface area contributed by atoms with Crippen LogP contribution in [-0.2, 0) is 6.42 Å². The maximum atomic E-state index is 13.2. The molecule has 0 unspecified atom stereocenters. The Balaban J connectivity index is 1.64. The van der Waals surface area contributed by atoms with E-state index in [-0.39, 0.29) is 17.9 Å². The van der Waals surface area contributed by atoms with Gasteiger partial charge < -0.3 is 10.2 Å². The first-order chi connectivity index (χ1) is 14.0. The van der Waals surface area contributed by atoms with Crippen molar-refractivity contribution in [1.29, 1.82) is 0 Å². The van der Waals surface area contributed by atoms with Crippen molar-refractivity contribution in [3.63, 3.8) is 0 Å². The van der Waals surface area contributed by atoms with Crippen molar-refractivity contribution in [3.05, 3.63) is 70.7 Å². The van der Waals surface area contributed by atoms with E-state index in [9.17, 15) is 9.59 Å². The molecule has 1 N–H and O–H groups in total. The Bertz CT molecular complexity index is 1040. The molecule has 0 saturated carbocycles. The number of carbonyl (C=O) groups is 2. The highest BCUT2D eigenvalue weighted by atomic mass is 32.1. The van der Waals surface area contributed by atoms with E-state index < -0.39 is 0 Å². The summed E-state index contributed by atoms with van der Waals surface area (Å²) in [5, 5.41) is 5.60. The molecule has 1 aromatic heterocycles. The van der Waals surface area contributed by atoms with E-state index >= 15 is 0 Å². The number of fused-ring (bicyclic) bond motifs is 1. The maximum absolute atomic E-state index is 13.2. The lowest BCUT2D eigenvalue weighted by molar-refractivity contribution is 0.0938. The van der Waals surface area contributed by atoms with Crippen LogP contribution in [0, 0.1) is 0 Å². The van der Waals surface area contributed by atoms with Gasteiger partial charge in [0.2, 0.25) is 0 Å². The molecule has 0 bridgehead atoms.